The summed E-state index contributed by atoms with van der Waals surface area (Å²) in [4.78, 5) is 13.3. The second-order valence-corrected chi connectivity index (χ2v) is 7.95. The smallest absolute Gasteiger partial charge is 0.234 e. The van der Waals surface area contributed by atoms with Crippen LogP contribution in [0.5, 0.6) is 0 Å². The summed E-state index contributed by atoms with van der Waals surface area (Å²) >= 11 is 1.60. The number of rotatable bonds is 4. The Morgan fingerprint density at radius 3 is 2.30 bits per heavy atom. The summed E-state index contributed by atoms with van der Waals surface area (Å²) in [6, 6.07) is 14.4. The van der Waals surface area contributed by atoms with Crippen LogP contribution in [-0.2, 0) is 10.2 Å². The van der Waals surface area contributed by atoms with E-state index in [0.29, 0.717) is 5.75 Å². The molecule has 0 saturated carbocycles. The molecule has 0 aromatic heterocycles. The summed E-state index contributed by atoms with van der Waals surface area (Å²) in [5.41, 5.74) is 4.66. The first-order valence-corrected chi connectivity index (χ1v) is 8.85. The zero-order chi connectivity index (χ0) is 17.0. The summed E-state index contributed by atoms with van der Waals surface area (Å²) in [7, 11) is 0. The molecule has 2 rings (SSSR count). The number of hydrogen-bond donors (Lipinski definition) is 1. The van der Waals surface area contributed by atoms with Crippen LogP contribution in [0.15, 0.2) is 47.4 Å². The van der Waals surface area contributed by atoms with Crippen molar-refractivity contribution in [3.63, 3.8) is 0 Å². The number of carbonyl (C=O) groups is 1. The molecule has 0 bridgehead atoms. The molecule has 0 aliphatic rings. The molecule has 0 fully saturated rings. The van der Waals surface area contributed by atoms with Crippen LogP contribution in [0.4, 0.5) is 5.69 Å². The lowest BCUT2D eigenvalue weighted by atomic mass is 9.87. The third-order valence-electron chi connectivity index (χ3n) is 3.75. The molecule has 0 aliphatic heterocycles. The third kappa shape index (κ3) is 5.14. The maximum absolute atomic E-state index is 12.1. The second kappa shape index (κ2) is 7.22. The molecule has 2 aromatic carbocycles. The second-order valence-electron chi connectivity index (χ2n) is 6.93. The van der Waals surface area contributed by atoms with Gasteiger partial charge < -0.3 is 5.32 Å². The van der Waals surface area contributed by atoms with Gasteiger partial charge in [-0.15, -0.1) is 11.8 Å². The topological polar surface area (TPSA) is 29.1 Å². The van der Waals surface area contributed by atoms with Crippen LogP contribution in [0, 0.1) is 13.8 Å². The Morgan fingerprint density at radius 1 is 1.04 bits per heavy atom. The van der Waals surface area contributed by atoms with Crippen LogP contribution in [-0.4, -0.2) is 11.7 Å². The molecule has 2 aromatic rings. The first-order chi connectivity index (χ1) is 10.8. The van der Waals surface area contributed by atoms with E-state index in [0.717, 1.165) is 5.69 Å². The van der Waals surface area contributed by atoms with Crippen molar-refractivity contribution in [3.05, 3.63) is 59.2 Å². The van der Waals surface area contributed by atoms with Crippen LogP contribution < -0.4 is 5.32 Å². The number of hydrogen-bond acceptors (Lipinski definition) is 2. The summed E-state index contributed by atoms with van der Waals surface area (Å²) in [6.07, 6.45) is 0. The van der Waals surface area contributed by atoms with Gasteiger partial charge in [0.1, 0.15) is 0 Å². The van der Waals surface area contributed by atoms with Crippen molar-refractivity contribution in [2.75, 3.05) is 11.1 Å². The highest BCUT2D eigenvalue weighted by molar-refractivity contribution is 8.00. The maximum atomic E-state index is 12.1. The van der Waals surface area contributed by atoms with Crippen LogP contribution in [0.3, 0.4) is 0 Å². The molecule has 122 valence electrons. The highest BCUT2D eigenvalue weighted by Crippen LogP contribution is 2.29. The molecule has 2 nitrogen and oxygen atoms in total. The number of aryl methyl sites for hydroxylation is 2. The molecular weight excluding hydrogens is 302 g/mol. The van der Waals surface area contributed by atoms with Gasteiger partial charge in [0.05, 0.1) is 5.75 Å². The van der Waals surface area contributed by atoms with E-state index in [4.69, 9.17) is 0 Å². The number of amides is 1. The van der Waals surface area contributed by atoms with Crippen LogP contribution in [0.25, 0.3) is 0 Å². The summed E-state index contributed by atoms with van der Waals surface area (Å²) < 4.78 is 0. The fraction of sp³-hybridized carbons (Fsp3) is 0.350. The van der Waals surface area contributed by atoms with E-state index in [2.05, 4.69) is 51.2 Å². The Hall–Kier alpha value is -1.74. The number of benzene rings is 2. The zero-order valence-electron chi connectivity index (χ0n) is 14.6. The van der Waals surface area contributed by atoms with Gasteiger partial charge in [-0.3, -0.25) is 4.79 Å². The van der Waals surface area contributed by atoms with E-state index in [1.807, 2.05) is 31.2 Å². The van der Waals surface area contributed by atoms with E-state index < -0.39 is 0 Å². The SMILES string of the molecule is Cc1ccc(NC(=O)CSc2cc(C(C)(C)C)ccc2C)cc1. The minimum absolute atomic E-state index is 0.0272. The standard InChI is InChI=1S/C20H25NOS/c1-14-6-10-17(11-7-14)21-19(22)13-23-18-12-16(20(3,4)5)9-8-15(18)2/h6-12H,13H2,1-5H3,(H,21,22). The molecule has 0 spiro atoms. The van der Waals surface area contributed by atoms with E-state index in [1.165, 1.54) is 21.6 Å². The van der Waals surface area contributed by atoms with Gasteiger partial charge in [0.25, 0.3) is 0 Å². The van der Waals surface area contributed by atoms with Gasteiger partial charge in [0.2, 0.25) is 5.91 Å². The van der Waals surface area contributed by atoms with Crippen molar-refractivity contribution in [2.24, 2.45) is 0 Å². The molecular formula is C20H25NOS. The lowest BCUT2D eigenvalue weighted by Gasteiger charge is -2.20. The van der Waals surface area contributed by atoms with Gasteiger partial charge in [-0.25, -0.2) is 0 Å². The first kappa shape index (κ1) is 17.6. The average molecular weight is 327 g/mol. The van der Waals surface area contributed by atoms with Crippen molar-refractivity contribution in [2.45, 2.75) is 44.9 Å². The van der Waals surface area contributed by atoms with Crippen molar-refractivity contribution in [3.8, 4) is 0 Å². The molecule has 3 heteroatoms. The van der Waals surface area contributed by atoms with E-state index in [9.17, 15) is 4.79 Å². The van der Waals surface area contributed by atoms with Gasteiger partial charge >= 0.3 is 0 Å². The Labute approximate surface area is 143 Å². The van der Waals surface area contributed by atoms with Crippen molar-refractivity contribution < 1.29 is 4.79 Å². The molecule has 0 heterocycles. The molecule has 0 atom stereocenters. The summed E-state index contributed by atoms with van der Waals surface area (Å²) in [5.74, 6) is 0.446. The Balaban J connectivity index is 2.00. The minimum Gasteiger partial charge on any atom is -0.325 e. The number of carbonyl (C=O) groups excluding carboxylic acids is 1. The molecule has 0 radical (unpaired) electrons. The lowest BCUT2D eigenvalue weighted by Crippen LogP contribution is -2.14. The number of anilines is 1. The molecule has 0 unspecified atom stereocenters. The Kier molecular flexibility index (Phi) is 5.53. The Bertz CT molecular complexity index is 684. The average Bonchev–Trinajstić information content (AvgIpc) is 2.47. The molecule has 23 heavy (non-hydrogen) atoms. The van der Waals surface area contributed by atoms with Crippen molar-refractivity contribution in [1.29, 1.82) is 0 Å². The van der Waals surface area contributed by atoms with Crippen LogP contribution in [0.1, 0.15) is 37.5 Å². The largest absolute Gasteiger partial charge is 0.325 e. The Morgan fingerprint density at radius 2 is 1.70 bits per heavy atom. The predicted molar refractivity (Wildman–Crippen MR) is 100 cm³/mol. The van der Waals surface area contributed by atoms with Gasteiger partial charge in [-0.05, 0) is 48.6 Å². The van der Waals surface area contributed by atoms with E-state index in [-0.39, 0.29) is 11.3 Å². The number of nitrogens with one attached hydrogen (secondary N) is 1. The number of thioether (sulfide) groups is 1. The first-order valence-electron chi connectivity index (χ1n) is 7.86. The van der Waals surface area contributed by atoms with Crippen LogP contribution in [0.2, 0.25) is 0 Å². The van der Waals surface area contributed by atoms with Crippen molar-refractivity contribution in [1.82, 2.24) is 0 Å². The lowest BCUT2D eigenvalue weighted by molar-refractivity contribution is -0.113. The normalized spacial score (nSPS) is 11.3. The molecule has 1 amide bonds. The highest BCUT2D eigenvalue weighted by atomic mass is 32.2. The van der Waals surface area contributed by atoms with Gasteiger partial charge in [-0.1, -0.05) is 50.6 Å². The van der Waals surface area contributed by atoms with Gasteiger partial charge in [0.15, 0.2) is 0 Å². The van der Waals surface area contributed by atoms with E-state index in [1.54, 1.807) is 11.8 Å². The molecule has 0 aliphatic carbocycles. The molecule has 0 saturated heterocycles. The summed E-state index contributed by atoms with van der Waals surface area (Å²) in [5, 5.41) is 2.94. The fourth-order valence-corrected chi connectivity index (χ4v) is 3.06. The van der Waals surface area contributed by atoms with E-state index >= 15 is 0 Å². The maximum Gasteiger partial charge on any atom is 0.234 e. The van der Waals surface area contributed by atoms with Gasteiger partial charge in [-0.2, -0.15) is 0 Å². The third-order valence-corrected chi connectivity index (χ3v) is 4.91. The summed E-state index contributed by atoms with van der Waals surface area (Å²) in [6.45, 7) is 10.7. The molecule has 1 N–H and O–H groups in total. The zero-order valence-corrected chi connectivity index (χ0v) is 15.4. The fourth-order valence-electron chi connectivity index (χ4n) is 2.20. The quantitative estimate of drug-likeness (QED) is 0.769. The predicted octanol–water partition coefficient (Wildman–Crippen LogP) is 5.33. The highest BCUT2D eigenvalue weighted by Gasteiger charge is 2.15. The monoisotopic (exact) mass is 327 g/mol. The van der Waals surface area contributed by atoms with Gasteiger partial charge in [0, 0.05) is 10.6 Å². The van der Waals surface area contributed by atoms with Crippen LogP contribution >= 0.6 is 11.8 Å². The minimum atomic E-state index is 0.0272. The van der Waals surface area contributed by atoms with Crippen molar-refractivity contribution >= 4 is 23.4 Å².